The molecule has 1 amide bonds. The summed E-state index contributed by atoms with van der Waals surface area (Å²) in [6.07, 6.45) is 5.64. The summed E-state index contributed by atoms with van der Waals surface area (Å²) in [6, 6.07) is 7.30. The predicted octanol–water partition coefficient (Wildman–Crippen LogP) is 1.36. The van der Waals surface area contributed by atoms with Crippen molar-refractivity contribution in [3.05, 3.63) is 52.7 Å². The minimum atomic E-state index is -0.262. The van der Waals surface area contributed by atoms with Gasteiger partial charge in [-0.15, -0.1) is 0 Å². The van der Waals surface area contributed by atoms with Gasteiger partial charge in [0.15, 0.2) is 0 Å². The van der Waals surface area contributed by atoms with E-state index in [1.54, 1.807) is 24.4 Å². The number of hydrogen-bond donors (Lipinski definition) is 2. The molecule has 23 heavy (non-hydrogen) atoms. The molecule has 3 heterocycles. The van der Waals surface area contributed by atoms with Crippen LogP contribution in [0.25, 0.3) is 11.0 Å². The topological polar surface area (TPSA) is 86.8 Å². The largest absolute Gasteiger partial charge is 0.334 e. The molecule has 1 saturated heterocycles. The van der Waals surface area contributed by atoms with Gasteiger partial charge in [0.2, 0.25) is 0 Å². The van der Waals surface area contributed by atoms with Gasteiger partial charge >= 0.3 is 5.69 Å². The van der Waals surface area contributed by atoms with Gasteiger partial charge in [-0.05, 0) is 37.1 Å². The number of carbonyl (C=O) groups excluding carboxylic acids is 1. The van der Waals surface area contributed by atoms with E-state index in [1.165, 1.54) is 0 Å². The number of fused-ring (bicyclic) bond motifs is 1. The first-order chi connectivity index (χ1) is 11.2. The van der Waals surface area contributed by atoms with Crippen LogP contribution in [0, 0.1) is 0 Å². The molecule has 118 valence electrons. The molecule has 7 nitrogen and oxygen atoms in total. The number of nitrogens with one attached hydrogen (secondary N) is 2. The summed E-state index contributed by atoms with van der Waals surface area (Å²) < 4.78 is 1.86. The standard InChI is InChI=1S/C16H17N5O2/c22-15(11-4-5-13-14(9-11)19-16(23)18-13)21-8-1-3-12(21)10-20-7-2-6-17-20/h2,4-7,9,12H,1,3,8,10H2,(H2,18,19,23). The number of rotatable bonds is 3. The maximum atomic E-state index is 12.8. The van der Waals surface area contributed by atoms with Crippen molar-refractivity contribution in [2.45, 2.75) is 25.4 Å². The van der Waals surface area contributed by atoms with E-state index < -0.39 is 0 Å². The summed E-state index contributed by atoms with van der Waals surface area (Å²) in [6.45, 7) is 1.47. The van der Waals surface area contributed by atoms with Gasteiger partial charge in [-0.3, -0.25) is 9.48 Å². The number of aromatic amines is 2. The Kier molecular flexibility index (Phi) is 3.25. The van der Waals surface area contributed by atoms with E-state index in [2.05, 4.69) is 15.1 Å². The maximum absolute atomic E-state index is 12.8. The second-order valence-corrected chi connectivity index (χ2v) is 5.86. The molecule has 1 fully saturated rings. The molecule has 1 unspecified atom stereocenters. The van der Waals surface area contributed by atoms with E-state index in [0.717, 1.165) is 19.4 Å². The van der Waals surface area contributed by atoms with Gasteiger partial charge in [0, 0.05) is 24.5 Å². The van der Waals surface area contributed by atoms with Crippen molar-refractivity contribution < 1.29 is 4.79 Å². The number of amides is 1. The molecule has 0 radical (unpaired) electrons. The Bertz CT molecular complexity index is 893. The van der Waals surface area contributed by atoms with Crippen LogP contribution in [0.1, 0.15) is 23.2 Å². The van der Waals surface area contributed by atoms with Crippen LogP contribution in [-0.2, 0) is 6.54 Å². The van der Waals surface area contributed by atoms with E-state index in [1.807, 2.05) is 21.8 Å². The number of aromatic nitrogens is 4. The average molecular weight is 311 g/mol. The monoisotopic (exact) mass is 311 g/mol. The summed E-state index contributed by atoms with van der Waals surface area (Å²) in [5.41, 5.74) is 1.70. The highest BCUT2D eigenvalue weighted by Crippen LogP contribution is 2.22. The Morgan fingerprint density at radius 3 is 3.00 bits per heavy atom. The Labute approximate surface area is 131 Å². The van der Waals surface area contributed by atoms with Gasteiger partial charge in [-0.25, -0.2) is 4.79 Å². The lowest BCUT2D eigenvalue weighted by Crippen LogP contribution is -2.38. The van der Waals surface area contributed by atoms with Crippen molar-refractivity contribution in [3.63, 3.8) is 0 Å². The van der Waals surface area contributed by atoms with Crippen molar-refractivity contribution in [1.82, 2.24) is 24.6 Å². The second-order valence-electron chi connectivity index (χ2n) is 5.86. The van der Waals surface area contributed by atoms with E-state index >= 15 is 0 Å². The molecule has 0 saturated carbocycles. The van der Waals surface area contributed by atoms with Gasteiger partial charge in [0.1, 0.15) is 0 Å². The molecular formula is C16H17N5O2. The van der Waals surface area contributed by atoms with Crippen LogP contribution < -0.4 is 5.69 Å². The Hall–Kier alpha value is -2.83. The van der Waals surface area contributed by atoms with Crippen LogP contribution in [0.15, 0.2) is 41.5 Å². The lowest BCUT2D eigenvalue weighted by molar-refractivity contribution is 0.0722. The molecule has 1 aromatic carbocycles. The summed E-state index contributed by atoms with van der Waals surface area (Å²) in [5, 5.41) is 4.22. The number of likely N-dealkylation sites (tertiary alicyclic amines) is 1. The minimum absolute atomic E-state index is 0.00334. The van der Waals surface area contributed by atoms with Crippen molar-refractivity contribution >= 4 is 16.9 Å². The van der Waals surface area contributed by atoms with Crippen molar-refractivity contribution in [2.75, 3.05) is 6.54 Å². The van der Waals surface area contributed by atoms with Gasteiger partial charge in [-0.2, -0.15) is 5.10 Å². The third-order valence-corrected chi connectivity index (χ3v) is 4.36. The van der Waals surface area contributed by atoms with Crippen LogP contribution in [0.5, 0.6) is 0 Å². The van der Waals surface area contributed by atoms with E-state index in [0.29, 0.717) is 23.1 Å². The van der Waals surface area contributed by atoms with Crippen molar-refractivity contribution in [2.24, 2.45) is 0 Å². The molecule has 0 bridgehead atoms. The maximum Gasteiger partial charge on any atom is 0.323 e. The number of benzene rings is 1. The molecule has 1 aliphatic heterocycles. The number of H-pyrrole nitrogens is 2. The average Bonchev–Trinajstić information content (AvgIpc) is 3.26. The normalized spacial score (nSPS) is 17.9. The molecule has 4 rings (SSSR count). The van der Waals surface area contributed by atoms with Crippen LogP contribution in [-0.4, -0.2) is 43.1 Å². The van der Waals surface area contributed by atoms with Crippen LogP contribution in [0.3, 0.4) is 0 Å². The zero-order chi connectivity index (χ0) is 15.8. The molecule has 3 aromatic rings. The van der Waals surface area contributed by atoms with Gasteiger partial charge in [-0.1, -0.05) is 0 Å². The Balaban J connectivity index is 1.59. The molecule has 1 atom stereocenters. The molecule has 2 aromatic heterocycles. The first-order valence-electron chi connectivity index (χ1n) is 7.71. The minimum Gasteiger partial charge on any atom is -0.334 e. The third-order valence-electron chi connectivity index (χ3n) is 4.36. The summed E-state index contributed by atoms with van der Waals surface area (Å²) in [5.74, 6) is 0.00334. The zero-order valence-electron chi connectivity index (χ0n) is 12.5. The zero-order valence-corrected chi connectivity index (χ0v) is 12.5. The molecule has 7 heteroatoms. The van der Waals surface area contributed by atoms with Gasteiger partial charge < -0.3 is 14.9 Å². The fourth-order valence-electron chi connectivity index (χ4n) is 3.25. The van der Waals surface area contributed by atoms with Crippen LogP contribution in [0.4, 0.5) is 0 Å². The molecule has 0 aliphatic carbocycles. The smallest absolute Gasteiger partial charge is 0.323 e. The molecule has 1 aliphatic rings. The number of hydrogen-bond acceptors (Lipinski definition) is 3. The molecule has 0 spiro atoms. The SMILES string of the molecule is O=C(c1ccc2[nH]c(=O)[nH]c2c1)N1CCCC1Cn1cccn1. The Morgan fingerprint density at radius 2 is 2.17 bits per heavy atom. The Morgan fingerprint density at radius 1 is 1.30 bits per heavy atom. The number of carbonyl (C=O) groups is 1. The van der Waals surface area contributed by atoms with E-state index in [4.69, 9.17) is 0 Å². The molecule has 2 N–H and O–H groups in total. The highest BCUT2D eigenvalue weighted by molar-refractivity contribution is 5.97. The lowest BCUT2D eigenvalue weighted by atomic mass is 10.1. The third kappa shape index (κ3) is 2.54. The summed E-state index contributed by atoms with van der Waals surface area (Å²) in [4.78, 5) is 31.5. The summed E-state index contributed by atoms with van der Waals surface area (Å²) >= 11 is 0. The predicted molar refractivity (Wildman–Crippen MR) is 85.2 cm³/mol. The second kappa shape index (κ2) is 5.42. The van der Waals surface area contributed by atoms with Crippen LogP contribution in [0.2, 0.25) is 0 Å². The van der Waals surface area contributed by atoms with E-state index in [-0.39, 0.29) is 17.6 Å². The highest BCUT2D eigenvalue weighted by atomic mass is 16.2. The number of imidazole rings is 1. The van der Waals surface area contributed by atoms with E-state index in [9.17, 15) is 9.59 Å². The fraction of sp³-hybridized carbons (Fsp3) is 0.312. The highest BCUT2D eigenvalue weighted by Gasteiger charge is 2.29. The summed E-state index contributed by atoms with van der Waals surface area (Å²) in [7, 11) is 0. The first-order valence-corrected chi connectivity index (χ1v) is 7.71. The lowest BCUT2D eigenvalue weighted by Gasteiger charge is -2.24. The first kappa shape index (κ1) is 13.8. The quantitative estimate of drug-likeness (QED) is 0.765. The van der Waals surface area contributed by atoms with Crippen molar-refractivity contribution in [3.8, 4) is 0 Å². The fourth-order valence-corrected chi connectivity index (χ4v) is 3.25. The van der Waals surface area contributed by atoms with Crippen molar-refractivity contribution in [1.29, 1.82) is 0 Å². The van der Waals surface area contributed by atoms with Gasteiger partial charge in [0.05, 0.1) is 23.6 Å². The van der Waals surface area contributed by atoms with Gasteiger partial charge in [0.25, 0.3) is 5.91 Å². The van der Waals surface area contributed by atoms with Crippen LogP contribution >= 0.6 is 0 Å². The molecular weight excluding hydrogens is 294 g/mol. The number of nitrogens with zero attached hydrogens (tertiary/aromatic N) is 3.